The molecule has 0 aromatic heterocycles. The van der Waals surface area contributed by atoms with Gasteiger partial charge in [-0.3, -0.25) is 4.79 Å². The van der Waals surface area contributed by atoms with Crippen molar-refractivity contribution >= 4 is 15.9 Å². The molecule has 0 aliphatic rings. The predicted octanol–water partition coefficient (Wildman–Crippen LogP) is -0.937. The van der Waals surface area contributed by atoms with Crippen molar-refractivity contribution in [1.29, 1.82) is 0 Å². The van der Waals surface area contributed by atoms with Crippen LogP contribution in [0, 0.1) is 0 Å². The predicted molar refractivity (Wildman–Crippen MR) is 64.5 cm³/mol. The van der Waals surface area contributed by atoms with E-state index in [1.807, 2.05) is 6.92 Å². The van der Waals surface area contributed by atoms with Crippen LogP contribution in [0.3, 0.4) is 0 Å². The van der Waals surface area contributed by atoms with Crippen LogP contribution in [0.4, 0.5) is 0 Å². The van der Waals surface area contributed by atoms with E-state index in [2.05, 4.69) is 0 Å². The monoisotopic (exact) mass is 294 g/mol. The van der Waals surface area contributed by atoms with Gasteiger partial charge in [-0.05, 0) is 18.6 Å². The van der Waals surface area contributed by atoms with Crippen LogP contribution in [0.2, 0.25) is 0 Å². The van der Waals surface area contributed by atoms with Crippen LogP contribution in [0.25, 0.3) is 0 Å². The molecule has 0 saturated heterocycles. The molecule has 0 saturated carbocycles. The van der Waals surface area contributed by atoms with E-state index in [1.165, 1.54) is 12.1 Å². The first-order chi connectivity index (χ1) is 8.38. The molecule has 0 bridgehead atoms. The molecule has 0 atom stereocenters. The third-order valence-corrected chi connectivity index (χ3v) is 3.44. The fraction of sp³-hybridized carbons (Fsp3) is 0.417. The Morgan fingerprint density at radius 2 is 1.95 bits per heavy atom. The topological polar surface area (TPSA) is 94.5 Å². The van der Waals surface area contributed by atoms with Gasteiger partial charge in [0.2, 0.25) is 0 Å². The van der Waals surface area contributed by atoms with Crippen LogP contribution < -0.4 is 29.6 Å². The van der Waals surface area contributed by atoms with E-state index in [9.17, 15) is 22.9 Å². The summed E-state index contributed by atoms with van der Waals surface area (Å²) in [6.07, 6.45) is 2.73. The van der Waals surface area contributed by atoms with Crippen molar-refractivity contribution in [3.63, 3.8) is 0 Å². The van der Waals surface area contributed by atoms with Gasteiger partial charge in [0.05, 0.1) is 10.5 Å². The average Bonchev–Trinajstić information content (AvgIpc) is 2.28. The summed E-state index contributed by atoms with van der Waals surface area (Å²) >= 11 is 0. The maximum Gasteiger partial charge on any atom is 1.00 e. The third kappa shape index (κ3) is 5.24. The van der Waals surface area contributed by atoms with Crippen molar-refractivity contribution < 1.29 is 52.4 Å². The molecule has 0 fully saturated rings. The minimum Gasteiger partial charge on any atom is -0.744 e. The van der Waals surface area contributed by atoms with Crippen LogP contribution in [0.1, 0.15) is 43.0 Å². The quantitative estimate of drug-likeness (QED) is 0.316. The standard InChI is InChI=1S/C12H16O5S.Na/c1-2-3-4-7-10(13)9-6-5-8-11(12(9)14)18(15,16)17;/h5-6,8,14H,2-4,7H2,1H3,(H,15,16,17);/q;+1/p-1. The van der Waals surface area contributed by atoms with Crippen LogP contribution in [-0.2, 0) is 10.1 Å². The van der Waals surface area contributed by atoms with Gasteiger partial charge < -0.3 is 9.66 Å². The number of aromatic hydroxyl groups is 1. The number of unbranched alkanes of at least 4 members (excludes halogenated alkanes) is 2. The van der Waals surface area contributed by atoms with Crippen molar-refractivity contribution in [1.82, 2.24) is 0 Å². The maximum absolute atomic E-state index is 11.8. The van der Waals surface area contributed by atoms with Crippen LogP contribution >= 0.6 is 0 Å². The first kappa shape index (κ1) is 18.6. The summed E-state index contributed by atoms with van der Waals surface area (Å²) in [4.78, 5) is 11.0. The number of hydrogen-bond donors (Lipinski definition) is 1. The largest absolute Gasteiger partial charge is 1.00 e. The Morgan fingerprint density at radius 3 is 2.47 bits per heavy atom. The first-order valence-corrected chi connectivity index (χ1v) is 7.09. The third-order valence-electron chi connectivity index (χ3n) is 2.58. The second-order valence-corrected chi connectivity index (χ2v) is 5.33. The van der Waals surface area contributed by atoms with Gasteiger partial charge in [-0.15, -0.1) is 0 Å². The zero-order valence-electron chi connectivity index (χ0n) is 11.0. The SMILES string of the molecule is CCCCCC(=O)c1cccc(S(=O)(=O)[O-])c1O.[Na+]. The van der Waals surface area contributed by atoms with Crippen molar-refractivity contribution in [2.45, 2.75) is 37.5 Å². The van der Waals surface area contributed by atoms with Gasteiger partial charge in [-0.2, -0.15) is 0 Å². The van der Waals surface area contributed by atoms with E-state index in [1.54, 1.807) is 0 Å². The molecular formula is C12H15NaO5S. The number of ketones is 1. The molecule has 1 N–H and O–H groups in total. The van der Waals surface area contributed by atoms with Crippen LogP contribution in [0.15, 0.2) is 23.1 Å². The van der Waals surface area contributed by atoms with Gasteiger partial charge >= 0.3 is 29.6 Å². The molecule has 5 nitrogen and oxygen atoms in total. The second-order valence-electron chi connectivity index (χ2n) is 3.99. The molecule has 0 aliphatic heterocycles. The number of carbonyl (C=O) groups is 1. The van der Waals surface area contributed by atoms with Gasteiger partial charge in [0, 0.05) is 6.42 Å². The number of Topliss-reactive ketones (excluding diaryl/α,β-unsaturated/α-hetero) is 1. The maximum atomic E-state index is 11.8. The first-order valence-electron chi connectivity index (χ1n) is 5.69. The van der Waals surface area contributed by atoms with E-state index in [0.29, 0.717) is 6.42 Å². The zero-order valence-corrected chi connectivity index (χ0v) is 13.9. The number of carbonyl (C=O) groups excluding carboxylic acids is 1. The Balaban J connectivity index is 0.00000324. The average molecular weight is 294 g/mol. The minimum atomic E-state index is -4.77. The number of hydrogen-bond acceptors (Lipinski definition) is 5. The Hall–Kier alpha value is -0.400. The molecule has 0 aliphatic carbocycles. The molecule has 0 heterocycles. The molecule has 0 unspecified atom stereocenters. The van der Waals surface area contributed by atoms with E-state index in [-0.39, 0.29) is 47.3 Å². The Morgan fingerprint density at radius 1 is 1.32 bits per heavy atom. The molecular weight excluding hydrogens is 279 g/mol. The summed E-state index contributed by atoms with van der Waals surface area (Å²) in [6.45, 7) is 1.99. The van der Waals surface area contributed by atoms with Crippen molar-refractivity contribution in [2.24, 2.45) is 0 Å². The summed E-state index contributed by atoms with van der Waals surface area (Å²) in [5.41, 5.74) is -0.108. The minimum absolute atomic E-state index is 0. The van der Waals surface area contributed by atoms with Crippen molar-refractivity contribution in [3.8, 4) is 5.75 Å². The Labute approximate surface area is 135 Å². The van der Waals surface area contributed by atoms with Gasteiger partial charge in [0.25, 0.3) is 0 Å². The summed E-state index contributed by atoms with van der Waals surface area (Å²) in [6, 6.07) is 3.58. The molecule has 7 heteroatoms. The summed E-state index contributed by atoms with van der Waals surface area (Å²) < 4.78 is 32.6. The molecule has 1 aromatic rings. The number of rotatable bonds is 6. The molecule has 1 rings (SSSR count). The van der Waals surface area contributed by atoms with Crippen LogP contribution in [-0.4, -0.2) is 23.9 Å². The van der Waals surface area contributed by atoms with E-state index < -0.39 is 20.8 Å². The second kappa shape index (κ2) is 8.01. The molecule has 0 amide bonds. The van der Waals surface area contributed by atoms with Crippen LogP contribution in [0.5, 0.6) is 5.75 Å². The van der Waals surface area contributed by atoms with Gasteiger partial charge in [-0.1, -0.05) is 25.8 Å². The van der Waals surface area contributed by atoms with E-state index in [4.69, 9.17) is 0 Å². The number of benzene rings is 1. The van der Waals surface area contributed by atoms with Gasteiger partial charge in [-0.25, -0.2) is 8.42 Å². The summed E-state index contributed by atoms with van der Waals surface area (Å²) in [5.74, 6) is -1.10. The fourth-order valence-corrected chi connectivity index (χ4v) is 2.21. The number of para-hydroxylation sites is 1. The fourth-order valence-electron chi connectivity index (χ4n) is 1.62. The number of phenolic OH excluding ortho intramolecular Hbond substituents is 1. The Bertz CT molecular complexity index is 539. The molecule has 1 aromatic carbocycles. The molecule has 100 valence electrons. The van der Waals surface area contributed by atoms with Crippen molar-refractivity contribution in [2.75, 3.05) is 0 Å². The smallest absolute Gasteiger partial charge is 0.744 e. The number of phenols is 1. The Kier molecular flexibility index (Phi) is 7.85. The molecule has 19 heavy (non-hydrogen) atoms. The summed E-state index contributed by atoms with van der Waals surface area (Å²) in [5, 5.41) is 9.65. The molecule has 0 spiro atoms. The van der Waals surface area contributed by atoms with E-state index >= 15 is 0 Å². The van der Waals surface area contributed by atoms with E-state index in [0.717, 1.165) is 18.9 Å². The van der Waals surface area contributed by atoms with Gasteiger partial charge in [0.1, 0.15) is 15.9 Å². The molecule has 0 radical (unpaired) electrons. The summed E-state index contributed by atoms with van der Waals surface area (Å²) in [7, 11) is -4.77. The van der Waals surface area contributed by atoms with Crippen molar-refractivity contribution in [3.05, 3.63) is 23.8 Å². The zero-order chi connectivity index (χ0) is 13.8. The normalized spacial score (nSPS) is 10.8. The van der Waals surface area contributed by atoms with Gasteiger partial charge in [0.15, 0.2) is 5.78 Å².